The summed E-state index contributed by atoms with van der Waals surface area (Å²) in [6.07, 6.45) is -0.230. The van der Waals surface area contributed by atoms with Crippen LogP contribution in [0.3, 0.4) is 0 Å². The summed E-state index contributed by atoms with van der Waals surface area (Å²) in [5, 5.41) is 10.8. The van der Waals surface area contributed by atoms with Gasteiger partial charge in [0, 0.05) is 13.2 Å². The van der Waals surface area contributed by atoms with Crippen LogP contribution >= 0.6 is 0 Å². The number of nitro benzene ring substituents is 1. The zero-order chi connectivity index (χ0) is 11.4. The molecule has 0 spiro atoms. The normalized spacial score (nSPS) is 12.8. The highest BCUT2D eigenvalue weighted by molar-refractivity contribution is 5.41. The smallest absolute Gasteiger partial charge is 0.275 e. The molecule has 0 bridgehead atoms. The van der Waals surface area contributed by atoms with Crippen LogP contribution in [0.4, 0.5) is 5.69 Å². The molecule has 0 fully saturated rings. The van der Waals surface area contributed by atoms with Crippen LogP contribution in [0, 0.1) is 16.0 Å². The zero-order valence-electron chi connectivity index (χ0n) is 9.14. The van der Waals surface area contributed by atoms with Gasteiger partial charge in [-0.15, -0.1) is 0 Å². The number of para-hydroxylation sites is 1. The molecule has 0 saturated carbocycles. The van der Waals surface area contributed by atoms with Crippen LogP contribution in [0.2, 0.25) is 0 Å². The Morgan fingerprint density at radius 2 is 1.93 bits per heavy atom. The minimum atomic E-state index is -0.371. The Kier molecular flexibility index (Phi) is 3.80. The molecule has 0 aliphatic rings. The third-order valence-electron chi connectivity index (χ3n) is 2.30. The van der Waals surface area contributed by atoms with Crippen LogP contribution in [-0.2, 0) is 4.74 Å². The van der Waals surface area contributed by atoms with Gasteiger partial charge in [-0.05, 0) is 12.0 Å². The van der Waals surface area contributed by atoms with Gasteiger partial charge < -0.3 is 4.74 Å². The molecular formula is C11H15NO3. The molecule has 0 aliphatic heterocycles. The maximum atomic E-state index is 10.8. The number of hydrogen-bond acceptors (Lipinski definition) is 3. The van der Waals surface area contributed by atoms with Crippen LogP contribution in [-0.4, -0.2) is 12.0 Å². The fourth-order valence-electron chi connectivity index (χ4n) is 1.65. The van der Waals surface area contributed by atoms with E-state index in [4.69, 9.17) is 4.74 Å². The molecule has 0 radical (unpaired) electrons. The van der Waals surface area contributed by atoms with E-state index in [-0.39, 0.29) is 22.6 Å². The Balaban J connectivity index is 3.16. The monoisotopic (exact) mass is 209 g/mol. The SMILES string of the molecule is COC(c1ccccc1[N+](=O)[O-])C(C)C. The number of benzene rings is 1. The molecule has 0 heterocycles. The van der Waals surface area contributed by atoms with E-state index in [9.17, 15) is 10.1 Å². The molecule has 0 aliphatic carbocycles. The van der Waals surface area contributed by atoms with E-state index in [0.29, 0.717) is 5.56 Å². The van der Waals surface area contributed by atoms with E-state index in [2.05, 4.69) is 0 Å². The highest BCUT2D eigenvalue weighted by Gasteiger charge is 2.23. The van der Waals surface area contributed by atoms with E-state index in [1.54, 1.807) is 25.3 Å². The van der Waals surface area contributed by atoms with Crippen molar-refractivity contribution in [3.05, 3.63) is 39.9 Å². The second kappa shape index (κ2) is 4.89. The molecule has 0 amide bonds. The first-order valence-corrected chi connectivity index (χ1v) is 4.84. The zero-order valence-corrected chi connectivity index (χ0v) is 9.14. The average Bonchev–Trinajstić information content (AvgIpc) is 2.18. The van der Waals surface area contributed by atoms with Crippen LogP contribution < -0.4 is 0 Å². The van der Waals surface area contributed by atoms with Gasteiger partial charge in [0.05, 0.1) is 16.6 Å². The van der Waals surface area contributed by atoms with Crippen molar-refractivity contribution in [2.75, 3.05) is 7.11 Å². The maximum Gasteiger partial charge on any atom is 0.275 e. The fraction of sp³-hybridized carbons (Fsp3) is 0.455. The summed E-state index contributed by atoms with van der Waals surface area (Å²) >= 11 is 0. The fourth-order valence-corrected chi connectivity index (χ4v) is 1.65. The summed E-state index contributed by atoms with van der Waals surface area (Å²) in [6, 6.07) is 6.70. The largest absolute Gasteiger partial charge is 0.376 e. The lowest BCUT2D eigenvalue weighted by molar-refractivity contribution is -0.386. The van der Waals surface area contributed by atoms with Gasteiger partial charge in [0.15, 0.2) is 0 Å². The van der Waals surface area contributed by atoms with Crippen molar-refractivity contribution in [2.24, 2.45) is 5.92 Å². The lowest BCUT2D eigenvalue weighted by Crippen LogP contribution is -2.10. The van der Waals surface area contributed by atoms with Crippen molar-refractivity contribution in [3.8, 4) is 0 Å². The van der Waals surface area contributed by atoms with Crippen molar-refractivity contribution >= 4 is 5.69 Å². The molecule has 15 heavy (non-hydrogen) atoms. The number of nitrogens with zero attached hydrogens (tertiary/aromatic N) is 1. The topological polar surface area (TPSA) is 52.4 Å². The van der Waals surface area contributed by atoms with Crippen LogP contribution in [0.25, 0.3) is 0 Å². The lowest BCUT2D eigenvalue weighted by atomic mass is 9.97. The molecular weight excluding hydrogens is 194 g/mol. The second-order valence-electron chi connectivity index (χ2n) is 3.72. The number of ether oxygens (including phenoxy) is 1. The minimum Gasteiger partial charge on any atom is -0.376 e. The molecule has 1 unspecified atom stereocenters. The van der Waals surface area contributed by atoms with Crippen LogP contribution in [0.5, 0.6) is 0 Å². The van der Waals surface area contributed by atoms with E-state index >= 15 is 0 Å². The maximum absolute atomic E-state index is 10.8. The van der Waals surface area contributed by atoms with Crippen molar-refractivity contribution in [1.82, 2.24) is 0 Å². The Bertz CT molecular complexity index is 349. The van der Waals surface area contributed by atoms with Gasteiger partial charge in [0.25, 0.3) is 5.69 Å². The number of methoxy groups -OCH3 is 1. The molecule has 1 atom stereocenters. The summed E-state index contributed by atoms with van der Waals surface area (Å²) in [4.78, 5) is 10.4. The molecule has 82 valence electrons. The number of rotatable bonds is 4. The summed E-state index contributed by atoms with van der Waals surface area (Å²) in [5.74, 6) is 0.205. The molecule has 0 saturated heterocycles. The first-order chi connectivity index (χ1) is 7.07. The summed E-state index contributed by atoms with van der Waals surface area (Å²) in [6.45, 7) is 3.95. The Labute approximate surface area is 89.0 Å². The van der Waals surface area contributed by atoms with Crippen molar-refractivity contribution in [2.45, 2.75) is 20.0 Å². The quantitative estimate of drug-likeness (QED) is 0.566. The molecule has 1 aromatic rings. The third-order valence-corrected chi connectivity index (χ3v) is 2.30. The standard InChI is InChI=1S/C11H15NO3/c1-8(2)11(15-3)9-6-4-5-7-10(9)12(13)14/h4-8,11H,1-3H3. The van der Waals surface area contributed by atoms with Gasteiger partial charge >= 0.3 is 0 Å². The molecule has 1 rings (SSSR count). The summed E-state index contributed by atoms with van der Waals surface area (Å²) in [5.41, 5.74) is 0.762. The Morgan fingerprint density at radius 3 is 2.40 bits per heavy atom. The minimum absolute atomic E-state index is 0.123. The van der Waals surface area contributed by atoms with E-state index in [1.165, 1.54) is 6.07 Å². The van der Waals surface area contributed by atoms with Gasteiger partial charge in [-0.2, -0.15) is 0 Å². The molecule has 1 aromatic carbocycles. The highest BCUT2D eigenvalue weighted by Crippen LogP contribution is 2.31. The Morgan fingerprint density at radius 1 is 1.33 bits per heavy atom. The first kappa shape index (κ1) is 11.7. The van der Waals surface area contributed by atoms with Gasteiger partial charge in [-0.25, -0.2) is 0 Å². The van der Waals surface area contributed by atoms with Crippen LogP contribution in [0.1, 0.15) is 25.5 Å². The summed E-state index contributed by atoms with van der Waals surface area (Å²) in [7, 11) is 1.57. The van der Waals surface area contributed by atoms with Gasteiger partial charge in [-0.3, -0.25) is 10.1 Å². The number of hydrogen-bond donors (Lipinski definition) is 0. The molecule has 0 N–H and O–H groups in total. The second-order valence-corrected chi connectivity index (χ2v) is 3.72. The third kappa shape index (κ3) is 2.53. The summed E-state index contributed by atoms with van der Waals surface area (Å²) < 4.78 is 5.28. The highest BCUT2D eigenvalue weighted by atomic mass is 16.6. The first-order valence-electron chi connectivity index (χ1n) is 4.84. The van der Waals surface area contributed by atoms with E-state index in [1.807, 2.05) is 13.8 Å². The van der Waals surface area contributed by atoms with Crippen molar-refractivity contribution in [1.29, 1.82) is 0 Å². The number of nitro groups is 1. The molecule has 4 heteroatoms. The van der Waals surface area contributed by atoms with Crippen molar-refractivity contribution < 1.29 is 9.66 Å². The average molecular weight is 209 g/mol. The van der Waals surface area contributed by atoms with Gasteiger partial charge in [0.2, 0.25) is 0 Å². The molecule has 4 nitrogen and oxygen atoms in total. The van der Waals surface area contributed by atoms with Crippen molar-refractivity contribution in [3.63, 3.8) is 0 Å². The Hall–Kier alpha value is -1.42. The van der Waals surface area contributed by atoms with E-state index < -0.39 is 0 Å². The lowest BCUT2D eigenvalue weighted by Gasteiger charge is -2.19. The van der Waals surface area contributed by atoms with E-state index in [0.717, 1.165) is 0 Å². The predicted octanol–water partition coefficient (Wildman–Crippen LogP) is 2.94. The molecule has 0 aromatic heterocycles. The predicted molar refractivity (Wildman–Crippen MR) is 57.7 cm³/mol. The van der Waals surface area contributed by atoms with Crippen LogP contribution in [0.15, 0.2) is 24.3 Å². The van der Waals surface area contributed by atoms with Gasteiger partial charge in [-0.1, -0.05) is 26.0 Å². The van der Waals surface area contributed by atoms with Gasteiger partial charge in [0.1, 0.15) is 0 Å².